The zero-order valence-corrected chi connectivity index (χ0v) is 7.97. The Labute approximate surface area is 88.0 Å². The zero-order valence-electron chi connectivity index (χ0n) is 8.97. The van der Waals surface area contributed by atoms with E-state index in [1.807, 2.05) is 30.3 Å². The molecule has 2 nitrogen and oxygen atoms in total. The van der Waals surface area contributed by atoms with Gasteiger partial charge in [-0.1, -0.05) is 24.3 Å². The maximum absolute atomic E-state index is 11.7. The van der Waals surface area contributed by atoms with Crippen molar-refractivity contribution in [3.8, 4) is 11.3 Å². The molecule has 0 saturated heterocycles. The molecule has 0 atom stereocenters. The lowest BCUT2D eigenvalue weighted by Gasteiger charge is -2.06. The molecule has 0 radical (unpaired) electrons. The molecule has 0 unspecified atom stereocenters. The summed E-state index contributed by atoms with van der Waals surface area (Å²) in [4.78, 5) is 13.0. The first-order valence-corrected chi connectivity index (χ1v) is 4.80. The van der Waals surface area contributed by atoms with Crippen LogP contribution in [0, 0.1) is 0 Å². The van der Waals surface area contributed by atoms with E-state index >= 15 is 0 Å². The molecule has 0 saturated carbocycles. The first kappa shape index (κ1) is 7.23. The van der Waals surface area contributed by atoms with Crippen LogP contribution in [0.1, 0.15) is 0 Å². The van der Waals surface area contributed by atoms with Gasteiger partial charge in [-0.05, 0) is 29.7 Å². The molecule has 1 N–H and O–H groups in total. The first-order chi connectivity index (χ1) is 7.77. The molecule has 2 heteroatoms. The molecule has 0 bridgehead atoms. The molecule has 72 valence electrons. The van der Waals surface area contributed by atoms with Crippen molar-refractivity contribution in [1.82, 2.24) is 4.98 Å². The Morgan fingerprint density at radius 3 is 2.87 bits per heavy atom. The monoisotopic (exact) mass is 196 g/mol. The largest absolute Gasteiger partial charge is 0.354 e. The molecule has 0 fully saturated rings. The number of rotatable bonds is 0. The number of pyridine rings is 1. The van der Waals surface area contributed by atoms with Crippen molar-refractivity contribution in [3.05, 3.63) is 58.8 Å². The normalized spacial score (nSPS) is 11.9. The molecule has 1 aliphatic heterocycles. The highest BCUT2D eigenvalue weighted by Gasteiger charge is 2.05. The predicted octanol–water partition coefficient (Wildman–Crippen LogP) is 2.63. The lowest BCUT2D eigenvalue weighted by Crippen LogP contribution is -2.04. The van der Waals surface area contributed by atoms with Crippen LogP contribution in [-0.2, 0) is 0 Å². The van der Waals surface area contributed by atoms with Crippen LogP contribution in [0.5, 0.6) is 0 Å². The third-order valence-electron chi connectivity index (χ3n) is 2.52. The number of fused-ring (bicyclic) bond motifs is 2. The van der Waals surface area contributed by atoms with E-state index in [2.05, 4.69) is 0 Å². The molecule has 0 amide bonds. The zero-order chi connectivity index (χ0) is 11.1. The lowest BCUT2D eigenvalue weighted by atomic mass is 10.1. The predicted molar refractivity (Wildman–Crippen MR) is 61.2 cm³/mol. The molecular weight excluding hydrogens is 186 g/mol. The van der Waals surface area contributed by atoms with Gasteiger partial charge in [0, 0.05) is 16.8 Å². The second-order valence-corrected chi connectivity index (χ2v) is 3.50. The summed E-state index contributed by atoms with van der Waals surface area (Å²) in [6.07, 6.45) is 0. The van der Waals surface area contributed by atoms with Crippen LogP contribution in [0.15, 0.2) is 53.3 Å². The van der Waals surface area contributed by atoms with Gasteiger partial charge in [0.15, 0.2) is 6.84 Å². The summed E-state index contributed by atoms with van der Waals surface area (Å²) in [6.45, 7) is 0. The second-order valence-electron chi connectivity index (χ2n) is 3.50. The Morgan fingerprint density at radius 1 is 1.07 bits per heavy atom. The maximum Gasteiger partial charge on any atom is 0.187 e. The van der Waals surface area contributed by atoms with Crippen molar-refractivity contribution < 1.29 is 1.41 Å². The highest BCUT2D eigenvalue weighted by atomic mass is 16.1. The van der Waals surface area contributed by atoms with Gasteiger partial charge in [0.2, 0.25) is 0 Å². The fourth-order valence-electron chi connectivity index (χ4n) is 1.77. The lowest BCUT2D eigenvalue weighted by molar-refractivity contribution is 1.37. The standard InChI is InChI=1S/C13H9NO/c15-13-7-3-6-12-10(13)8-9-4-1-2-5-11(9)14-12/h1-8,14H/i/hD. The van der Waals surface area contributed by atoms with Crippen molar-refractivity contribution in [1.29, 1.82) is 0 Å². The van der Waals surface area contributed by atoms with Gasteiger partial charge in [0.25, 0.3) is 0 Å². The Morgan fingerprint density at radius 2 is 1.93 bits per heavy atom. The number of aromatic nitrogens is 1. The summed E-state index contributed by atoms with van der Waals surface area (Å²) in [7, 11) is 0. The van der Waals surface area contributed by atoms with Crippen molar-refractivity contribution in [2.24, 2.45) is 0 Å². The van der Waals surface area contributed by atoms with Crippen LogP contribution in [0.3, 0.4) is 0 Å². The van der Waals surface area contributed by atoms with E-state index in [1.54, 1.807) is 12.1 Å². The minimum atomic E-state index is -0.0377. The third kappa shape index (κ3) is 1.22. The third-order valence-corrected chi connectivity index (χ3v) is 2.52. The molecule has 2 aliphatic rings. The molecule has 1 aliphatic carbocycles. The van der Waals surface area contributed by atoms with Gasteiger partial charge >= 0.3 is 0 Å². The molecule has 1 heterocycles. The molecule has 1 aromatic rings. The average Bonchev–Trinajstić information content (AvgIpc) is 2.31. The van der Waals surface area contributed by atoms with Crippen LogP contribution < -0.4 is 5.43 Å². The molecule has 3 rings (SSSR count). The summed E-state index contributed by atoms with van der Waals surface area (Å²) < 4.78 is 8.01. The summed E-state index contributed by atoms with van der Waals surface area (Å²) in [5.74, 6) is 0. The van der Waals surface area contributed by atoms with E-state index in [0.717, 1.165) is 10.9 Å². The van der Waals surface area contributed by atoms with Crippen molar-refractivity contribution in [2.75, 3.05) is 0 Å². The minimum Gasteiger partial charge on any atom is -0.354 e. The maximum atomic E-state index is 11.7. The molecular formula is C13H9NO. The highest BCUT2D eigenvalue weighted by Crippen LogP contribution is 2.20. The van der Waals surface area contributed by atoms with Crippen molar-refractivity contribution >= 4 is 10.9 Å². The summed E-state index contributed by atoms with van der Waals surface area (Å²) in [5, 5.41) is 0.910. The van der Waals surface area contributed by atoms with Crippen LogP contribution in [0.25, 0.3) is 22.2 Å². The van der Waals surface area contributed by atoms with Gasteiger partial charge in [0.1, 0.15) is 0 Å². The fraction of sp³-hybridized carbons (Fsp3) is 0. The quantitative estimate of drug-likeness (QED) is 0.551. The van der Waals surface area contributed by atoms with Gasteiger partial charge in [0.05, 0.1) is 0 Å². The topological polar surface area (TPSA) is 32.9 Å². The van der Waals surface area contributed by atoms with Crippen LogP contribution >= 0.6 is 0 Å². The van der Waals surface area contributed by atoms with E-state index in [-0.39, 0.29) is 5.43 Å². The summed E-state index contributed by atoms with van der Waals surface area (Å²) in [6, 6.07) is 14.4. The Hall–Kier alpha value is -2.09. The van der Waals surface area contributed by atoms with E-state index < -0.39 is 0 Å². The van der Waals surface area contributed by atoms with Crippen molar-refractivity contribution in [3.63, 3.8) is 0 Å². The van der Waals surface area contributed by atoms with Gasteiger partial charge in [-0.15, -0.1) is 0 Å². The number of benzene rings is 2. The van der Waals surface area contributed by atoms with Gasteiger partial charge in [-0.25, -0.2) is 0 Å². The number of nitrogens with one attached hydrogen (secondary N) is 1. The SMILES string of the molecule is [2H]n1c2cccc(=O)c-2cc2ccccc21. The number of para-hydroxylation sites is 1. The minimum absolute atomic E-state index is 0.0377. The molecule has 0 spiro atoms. The van der Waals surface area contributed by atoms with Crippen molar-refractivity contribution in [2.45, 2.75) is 0 Å². The van der Waals surface area contributed by atoms with E-state index in [0.29, 0.717) is 11.3 Å². The smallest absolute Gasteiger partial charge is 0.187 e. The second kappa shape index (κ2) is 2.95. The number of aromatic amines is 1. The Kier molecular flexibility index (Phi) is 1.42. The van der Waals surface area contributed by atoms with Crippen LogP contribution in [0.2, 0.25) is 1.41 Å². The summed E-state index contributed by atoms with van der Waals surface area (Å²) >= 11 is 0. The molecule has 0 aromatic heterocycles. The van der Waals surface area contributed by atoms with Gasteiger partial charge in [-0.3, -0.25) is 4.79 Å². The van der Waals surface area contributed by atoms with Gasteiger partial charge in [-0.2, -0.15) is 0 Å². The molecule has 15 heavy (non-hydrogen) atoms. The Bertz CT molecular complexity index is 702. The van der Waals surface area contributed by atoms with Crippen LogP contribution in [0.4, 0.5) is 0 Å². The average molecular weight is 196 g/mol. The highest BCUT2D eigenvalue weighted by molar-refractivity contribution is 5.85. The van der Waals surface area contributed by atoms with E-state index in [1.165, 1.54) is 11.0 Å². The fourth-order valence-corrected chi connectivity index (χ4v) is 1.77. The number of hydrogen-bond acceptors (Lipinski definition) is 1. The van der Waals surface area contributed by atoms with Gasteiger partial charge < -0.3 is 4.98 Å². The molecule has 1 aromatic carbocycles. The Balaban J connectivity index is 2.61. The van der Waals surface area contributed by atoms with Crippen LogP contribution in [-0.4, -0.2) is 4.98 Å². The summed E-state index contributed by atoms with van der Waals surface area (Å²) in [5.41, 5.74) is 2.01. The number of H-pyrrole nitrogens is 1. The number of hydrogen-bond donors (Lipinski definition) is 1. The van der Waals surface area contributed by atoms with E-state index in [9.17, 15) is 4.79 Å². The van der Waals surface area contributed by atoms with E-state index in [4.69, 9.17) is 1.41 Å². The first-order valence-electron chi connectivity index (χ1n) is 5.25.